The number of aryl methyl sites for hydroxylation is 2. The molecule has 0 saturated carbocycles. The van der Waals surface area contributed by atoms with E-state index in [1.807, 2.05) is 19.1 Å². The fourth-order valence-corrected chi connectivity index (χ4v) is 5.37. The highest BCUT2D eigenvalue weighted by Crippen LogP contribution is 2.29. The molecule has 0 unspecified atom stereocenters. The van der Waals surface area contributed by atoms with Gasteiger partial charge >= 0.3 is 0 Å². The summed E-state index contributed by atoms with van der Waals surface area (Å²) in [5.41, 5.74) is 0.186. The number of hydrogen-bond acceptors (Lipinski definition) is 6. The molecule has 0 N–H and O–H groups in total. The first-order valence-corrected chi connectivity index (χ1v) is 11.1. The van der Waals surface area contributed by atoms with E-state index in [0.717, 1.165) is 11.8 Å². The molecule has 0 atom stereocenters. The van der Waals surface area contributed by atoms with Crippen molar-refractivity contribution < 1.29 is 22.6 Å². The Labute approximate surface area is 175 Å². The highest BCUT2D eigenvalue weighted by molar-refractivity contribution is 7.89. The lowest BCUT2D eigenvalue weighted by atomic mass is 9.96. The molecule has 2 aromatic rings. The van der Waals surface area contributed by atoms with Gasteiger partial charge in [-0.05, 0) is 44.4 Å². The van der Waals surface area contributed by atoms with Crippen LogP contribution in [-0.4, -0.2) is 48.6 Å². The predicted octanol–water partition coefficient (Wildman–Crippen LogP) is 2.86. The molecule has 9 nitrogen and oxygen atoms in total. The van der Waals surface area contributed by atoms with Crippen LogP contribution in [0.15, 0.2) is 39.6 Å². The van der Waals surface area contributed by atoms with Gasteiger partial charge in [0.1, 0.15) is 11.5 Å². The topological polar surface area (TPSA) is 114 Å². The summed E-state index contributed by atoms with van der Waals surface area (Å²) in [6.45, 7) is 4.18. The second kappa shape index (κ2) is 8.57. The van der Waals surface area contributed by atoms with Gasteiger partial charge in [0.25, 0.3) is 5.69 Å². The van der Waals surface area contributed by atoms with E-state index in [1.54, 1.807) is 18.9 Å². The second-order valence-electron chi connectivity index (χ2n) is 7.59. The molecule has 30 heavy (non-hydrogen) atoms. The van der Waals surface area contributed by atoms with Crippen molar-refractivity contribution in [2.45, 2.75) is 38.1 Å². The minimum absolute atomic E-state index is 0.0485. The molecule has 1 amide bonds. The fourth-order valence-electron chi connectivity index (χ4n) is 3.66. The third-order valence-corrected chi connectivity index (χ3v) is 7.41. The molecule has 0 radical (unpaired) electrons. The SMILES string of the molecule is Cc1ccc(CN(C)C(=O)C2CCN(S(=O)(=O)c3cc([N+](=O)[O-])ccc3C)CC2)o1. The zero-order valence-electron chi connectivity index (χ0n) is 17.2. The van der Waals surface area contributed by atoms with Gasteiger partial charge in [-0.3, -0.25) is 14.9 Å². The first-order chi connectivity index (χ1) is 14.1. The summed E-state index contributed by atoms with van der Waals surface area (Å²) in [7, 11) is -2.17. The number of furan rings is 1. The molecule has 0 bridgehead atoms. The van der Waals surface area contributed by atoms with Gasteiger partial charge in [0.15, 0.2) is 0 Å². The standard InChI is InChI=1S/C20H25N3O6S/c1-14-4-6-17(23(25)26)12-19(14)30(27,28)22-10-8-16(9-11-22)20(24)21(3)13-18-7-5-15(2)29-18/h4-7,12,16H,8-11,13H2,1-3H3. The first kappa shape index (κ1) is 22.0. The van der Waals surface area contributed by atoms with Gasteiger partial charge in [0.05, 0.1) is 16.4 Å². The van der Waals surface area contributed by atoms with Crippen LogP contribution in [0.3, 0.4) is 0 Å². The van der Waals surface area contributed by atoms with Gasteiger partial charge < -0.3 is 9.32 Å². The highest BCUT2D eigenvalue weighted by atomic mass is 32.2. The molecule has 1 aromatic carbocycles. The highest BCUT2D eigenvalue weighted by Gasteiger charge is 2.34. The van der Waals surface area contributed by atoms with Crippen LogP contribution in [-0.2, 0) is 21.4 Å². The third kappa shape index (κ3) is 4.54. The first-order valence-electron chi connectivity index (χ1n) is 9.65. The zero-order chi connectivity index (χ0) is 22.1. The fraction of sp³-hybridized carbons (Fsp3) is 0.450. The molecule has 1 aromatic heterocycles. The average molecular weight is 436 g/mol. The van der Waals surface area contributed by atoms with Crippen LogP contribution < -0.4 is 0 Å². The van der Waals surface area contributed by atoms with E-state index in [4.69, 9.17) is 4.42 Å². The van der Waals surface area contributed by atoms with E-state index in [2.05, 4.69) is 0 Å². The number of rotatable bonds is 6. The number of hydrogen-bond donors (Lipinski definition) is 0. The number of non-ortho nitro benzene ring substituents is 1. The molecule has 1 fully saturated rings. The zero-order valence-corrected chi connectivity index (χ0v) is 18.0. The molecule has 162 valence electrons. The molecule has 0 spiro atoms. The summed E-state index contributed by atoms with van der Waals surface area (Å²) in [5.74, 6) is 1.15. The summed E-state index contributed by atoms with van der Waals surface area (Å²) in [6.07, 6.45) is 0.793. The molecule has 0 aliphatic carbocycles. The lowest BCUT2D eigenvalue weighted by Crippen LogP contribution is -2.43. The van der Waals surface area contributed by atoms with Crippen molar-refractivity contribution in [3.63, 3.8) is 0 Å². The molecule has 3 rings (SSSR count). The van der Waals surface area contributed by atoms with Gasteiger partial charge in [-0.25, -0.2) is 8.42 Å². The maximum absolute atomic E-state index is 13.0. The number of sulfonamides is 1. The molecular formula is C20H25N3O6S. The number of carbonyl (C=O) groups is 1. The maximum Gasteiger partial charge on any atom is 0.270 e. The number of benzene rings is 1. The van der Waals surface area contributed by atoms with Crippen molar-refractivity contribution in [2.24, 2.45) is 5.92 Å². The van der Waals surface area contributed by atoms with Crippen LogP contribution in [0.2, 0.25) is 0 Å². The van der Waals surface area contributed by atoms with E-state index in [1.165, 1.54) is 16.4 Å². The Morgan fingerprint density at radius 1 is 1.23 bits per heavy atom. The van der Waals surface area contributed by atoms with Crippen molar-refractivity contribution in [2.75, 3.05) is 20.1 Å². The van der Waals surface area contributed by atoms with Gasteiger partial charge in [-0.15, -0.1) is 0 Å². The van der Waals surface area contributed by atoms with E-state index < -0.39 is 14.9 Å². The normalized spacial score (nSPS) is 15.8. The number of nitro groups is 1. The summed E-state index contributed by atoms with van der Waals surface area (Å²) < 4.78 is 32.9. The van der Waals surface area contributed by atoms with E-state index >= 15 is 0 Å². The molecule has 2 heterocycles. The predicted molar refractivity (Wildman–Crippen MR) is 109 cm³/mol. The average Bonchev–Trinajstić information content (AvgIpc) is 3.12. The van der Waals surface area contributed by atoms with Crippen LogP contribution in [0.4, 0.5) is 5.69 Å². The maximum atomic E-state index is 13.0. The van der Waals surface area contributed by atoms with Gasteiger partial charge in [0, 0.05) is 38.2 Å². The van der Waals surface area contributed by atoms with E-state index in [-0.39, 0.29) is 35.5 Å². The van der Waals surface area contributed by atoms with Gasteiger partial charge in [0.2, 0.25) is 15.9 Å². The Bertz CT molecular complexity index is 1050. The van der Waals surface area contributed by atoms with Crippen molar-refractivity contribution in [3.05, 3.63) is 57.5 Å². The summed E-state index contributed by atoms with van der Waals surface area (Å²) in [6, 6.07) is 7.49. The third-order valence-electron chi connectivity index (χ3n) is 5.37. The van der Waals surface area contributed by atoms with Crippen LogP contribution in [0.1, 0.15) is 29.9 Å². The molecule has 1 aliphatic rings. The number of carbonyl (C=O) groups excluding carboxylic acids is 1. The summed E-state index contributed by atoms with van der Waals surface area (Å²) in [4.78, 5) is 24.7. The number of nitro benzene ring substituents is 1. The number of amides is 1. The van der Waals surface area contributed by atoms with E-state index in [0.29, 0.717) is 30.7 Å². The number of nitrogens with zero attached hydrogens (tertiary/aromatic N) is 3. The largest absolute Gasteiger partial charge is 0.464 e. The monoisotopic (exact) mass is 435 g/mol. The summed E-state index contributed by atoms with van der Waals surface area (Å²) >= 11 is 0. The quantitative estimate of drug-likeness (QED) is 0.509. The van der Waals surface area contributed by atoms with Crippen molar-refractivity contribution >= 4 is 21.6 Å². The van der Waals surface area contributed by atoms with Crippen molar-refractivity contribution in [1.29, 1.82) is 0 Å². The Kier molecular flexibility index (Phi) is 6.27. The van der Waals surface area contributed by atoms with Crippen LogP contribution in [0, 0.1) is 29.9 Å². The van der Waals surface area contributed by atoms with Crippen molar-refractivity contribution in [3.8, 4) is 0 Å². The van der Waals surface area contributed by atoms with Crippen molar-refractivity contribution in [1.82, 2.24) is 9.21 Å². The Balaban J connectivity index is 1.66. The molecular weight excluding hydrogens is 410 g/mol. The Morgan fingerprint density at radius 3 is 2.47 bits per heavy atom. The van der Waals surface area contributed by atoms with Crippen LogP contribution in [0.25, 0.3) is 0 Å². The minimum Gasteiger partial charge on any atom is -0.464 e. The lowest BCUT2D eigenvalue weighted by Gasteiger charge is -2.32. The Morgan fingerprint density at radius 2 is 1.90 bits per heavy atom. The van der Waals surface area contributed by atoms with E-state index in [9.17, 15) is 23.3 Å². The lowest BCUT2D eigenvalue weighted by molar-refractivity contribution is -0.385. The summed E-state index contributed by atoms with van der Waals surface area (Å²) in [5, 5.41) is 11.0. The molecule has 1 aliphatic heterocycles. The van der Waals surface area contributed by atoms with Gasteiger partial charge in [-0.1, -0.05) is 6.07 Å². The Hall–Kier alpha value is -2.72. The van der Waals surface area contributed by atoms with Crippen LogP contribution in [0.5, 0.6) is 0 Å². The smallest absolute Gasteiger partial charge is 0.270 e. The minimum atomic E-state index is -3.87. The molecule has 1 saturated heterocycles. The van der Waals surface area contributed by atoms with Crippen LogP contribution >= 0.6 is 0 Å². The van der Waals surface area contributed by atoms with Gasteiger partial charge in [-0.2, -0.15) is 4.31 Å². The number of piperidine rings is 1. The molecule has 10 heteroatoms. The second-order valence-corrected chi connectivity index (χ2v) is 9.50.